The van der Waals surface area contributed by atoms with Gasteiger partial charge in [-0.25, -0.2) is 0 Å². The molecule has 0 saturated carbocycles. The number of hydrogen-bond acceptors (Lipinski definition) is 4. The number of carbonyl (C=O) groups is 3. The highest BCUT2D eigenvalue weighted by Crippen LogP contribution is 2.44. The Morgan fingerprint density at radius 3 is 2.06 bits per heavy atom. The molecule has 3 aromatic carbocycles. The average molecular weight is 447 g/mol. The van der Waals surface area contributed by atoms with Crippen LogP contribution in [0, 0.1) is 0 Å². The van der Waals surface area contributed by atoms with Gasteiger partial charge in [0.1, 0.15) is 11.8 Å². The first-order chi connectivity index (χ1) is 15.5. The lowest BCUT2D eigenvalue weighted by Crippen LogP contribution is -2.67. The first-order valence-corrected chi connectivity index (χ1v) is 10.7. The minimum Gasteiger partial charge on any atom is -0.494 e. The standard InChI is InChI=1S/C25H19ClN2O4/c1-2-32-18-12-10-15(11-13-18)21-22(25(31)27(21)17-7-5-6-16(26)14-17)28-23(29)19-8-3-4-9-20(19)24(28)30/h3-14,21-22H,2H2,1H3/t21-,22-/m1/s1. The Bertz CT molecular complexity index is 1210. The SMILES string of the molecule is CCOc1ccc([C@@H]2[C@@H](N3C(=O)c4ccccc4C3=O)C(=O)N2c2cccc(Cl)c2)cc1. The molecule has 3 amide bonds. The molecule has 3 aromatic rings. The lowest BCUT2D eigenvalue weighted by Gasteiger charge is -2.49. The smallest absolute Gasteiger partial charge is 0.262 e. The van der Waals surface area contributed by atoms with Crippen LogP contribution < -0.4 is 9.64 Å². The Hall–Kier alpha value is -3.64. The topological polar surface area (TPSA) is 66.9 Å². The normalized spacial score (nSPS) is 19.8. The van der Waals surface area contributed by atoms with E-state index >= 15 is 0 Å². The molecule has 7 heteroatoms. The molecule has 0 N–H and O–H groups in total. The van der Waals surface area contributed by atoms with Crippen LogP contribution in [0.1, 0.15) is 39.2 Å². The number of halogens is 1. The zero-order valence-corrected chi connectivity index (χ0v) is 18.0. The molecule has 1 saturated heterocycles. The van der Waals surface area contributed by atoms with Crippen molar-refractivity contribution in [2.75, 3.05) is 11.5 Å². The maximum absolute atomic E-state index is 13.4. The molecule has 160 valence electrons. The Morgan fingerprint density at radius 2 is 1.47 bits per heavy atom. The molecule has 2 heterocycles. The van der Waals surface area contributed by atoms with E-state index < -0.39 is 23.9 Å². The second-order valence-corrected chi connectivity index (χ2v) is 8.04. The summed E-state index contributed by atoms with van der Waals surface area (Å²) in [6.07, 6.45) is 0. The Labute approximate surface area is 190 Å². The summed E-state index contributed by atoms with van der Waals surface area (Å²) >= 11 is 6.16. The summed E-state index contributed by atoms with van der Waals surface area (Å²) in [7, 11) is 0. The number of benzene rings is 3. The van der Waals surface area contributed by atoms with Crippen LogP contribution in [0.5, 0.6) is 5.75 Å². The highest BCUT2D eigenvalue weighted by Gasteiger charge is 2.57. The highest BCUT2D eigenvalue weighted by molar-refractivity contribution is 6.31. The zero-order valence-electron chi connectivity index (χ0n) is 17.2. The molecule has 0 bridgehead atoms. The lowest BCUT2D eigenvalue weighted by atomic mass is 9.86. The summed E-state index contributed by atoms with van der Waals surface area (Å²) in [5.41, 5.74) is 2.03. The monoisotopic (exact) mass is 446 g/mol. The van der Waals surface area contributed by atoms with Crippen LogP contribution in [0.25, 0.3) is 0 Å². The number of nitrogens with zero attached hydrogens (tertiary/aromatic N) is 2. The van der Waals surface area contributed by atoms with Crippen LogP contribution in [0.2, 0.25) is 5.02 Å². The van der Waals surface area contributed by atoms with E-state index in [0.717, 1.165) is 10.5 Å². The van der Waals surface area contributed by atoms with E-state index in [1.807, 2.05) is 31.2 Å². The molecule has 2 atom stereocenters. The van der Waals surface area contributed by atoms with Crippen molar-refractivity contribution in [1.82, 2.24) is 4.90 Å². The second-order valence-electron chi connectivity index (χ2n) is 7.61. The Kier molecular flexibility index (Phi) is 4.94. The summed E-state index contributed by atoms with van der Waals surface area (Å²) in [6, 6.07) is 19.4. The number of fused-ring (bicyclic) bond motifs is 1. The van der Waals surface area contributed by atoms with Gasteiger partial charge in [-0.2, -0.15) is 0 Å². The highest BCUT2D eigenvalue weighted by atomic mass is 35.5. The number of imide groups is 1. The zero-order chi connectivity index (χ0) is 22.4. The Balaban J connectivity index is 1.57. The average Bonchev–Trinajstić information content (AvgIpc) is 3.04. The molecule has 6 nitrogen and oxygen atoms in total. The van der Waals surface area contributed by atoms with Crippen molar-refractivity contribution >= 4 is 35.0 Å². The van der Waals surface area contributed by atoms with Gasteiger partial charge in [0.25, 0.3) is 17.7 Å². The second kappa shape index (κ2) is 7.80. The first kappa shape index (κ1) is 20.3. The first-order valence-electron chi connectivity index (χ1n) is 10.3. The van der Waals surface area contributed by atoms with Gasteiger partial charge in [-0.05, 0) is 55.0 Å². The lowest BCUT2D eigenvalue weighted by molar-refractivity contribution is -0.130. The van der Waals surface area contributed by atoms with Crippen molar-refractivity contribution in [3.05, 3.63) is 94.5 Å². The largest absolute Gasteiger partial charge is 0.494 e. The molecular formula is C25H19ClN2O4. The molecule has 0 aromatic heterocycles. The van der Waals surface area contributed by atoms with Gasteiger partial charge in [0.15, 0.2) is 0 Å². The van der Waals surface area contributed by atoms with Crippen LogP contribution in [0.4, 0.5) is 5.69 Å². The summed E-state index contributed by atoms with van der Waals surface area (Å²) in [5, 5.41) is 0.491. The van der Waals surface area contributed by atoms with Gasteiger partial charge in [0, 0.05) is 10.7 Å². The molecular weight excluding hydrogens is 428 g/mol. The van der Waals surface area contributed by atoms with Crippen molar-refractivity contribution in [2.45, 2.75) is 19.0 Å². The minimum atomic E-state index is -0.945. The molecule has 1 fully saturated rings. The van der Waals surface area contributed by atoms with Crippen LogP contribution >= 0.6 is 11.6 Å². The predicted octanol–water partition coefficient (Wildman–Crippen LogP) is 4.49. The van der Waals surface area contributed by atoms with Gasteiger partial charge in [0.2, 0.25) is 0 Å². The molecule has 32 heavy (non-hydrogen) atoms. The molecule has 2 aliphatic rings. The van der Waals surface area contributed by atoms with Crippen molar-refractivity contribution in [2.24, 2.45) is 0 Å². The van der Waals surface area contributed by atoms with Gasteiger partial charge >= 0.3 is 0 Å². The predicted molar refractivity (Wildman–Crippen MR) is 120 cm³/mol. The van der Waals surface area contributed by atoms with Gasteiger partial charge in [-0.1, -0.05) is 41.9 Å². The summed E-state index contributed by atoms with van der Waals surface area (Å²) in [6.45, 7) is 2.44. The molecule has 0 radical (unpaired) electrons. The number of anilines is 1. The van der Waals surface area contributed by atoms with E-state index in [1.54, 1.807) is 53.4 Å². The fraction of sp³-hybridized carbons (Fsp3) is 0.160. The Morgan fingerprint density at radius 1 is 0.812 bits per heavy atom. The number of rotatable bonds is 5. The van der Waals surface area contributed by atoms with E-state index in [0.29, 0.717) is 34.2 Å². The van der Waals surface area contributed by atoms with E-state index in [2.05, 4.69) is 0 Å². The van der Waals surface area contributed by atoms with E-state index in [4.69, 9.17) is 16.3 Å². The summed E-state index contributed by atoms with van der Waals surface area (Å²) in [5.74, 6) is -0.537. The van der Waals surface area contributed by atoms with Gasteiger partial charge in [-0.3, -0.25) is 19.3 Å². The minimum absolute atomic E-state index is 0.317. The fourth-order valence-corrected chi connectivity index (χ4v) is 4.54. The van der Waals surface area contributed by atoms with Crippen LogP contribution in [-0.2, 0) is 4.79 Å². The van der Waals surface area contributed by atoms with Crippen LogP contribution in [0.15, 0.2) is 72.8 Å². The van der Waals surface area contributed by atoms with E-state index in [1.165, 1.54) is 0 Å². The maximum Gasteiger partial charge on any atom is 0.262 e. The van der Waals surface area contributed by atoms with Gasteiger partial charge in [-0.15, -0.1) is 0 Å². The van der Waals surface area contributed by atoms with Gasteiger partial charge in [0.05, 0.1) is 23.8 Å². The number of amides is 3. The van der Waals surface area contributed by atoms with E-state index in [-0.39, 0.29) is 5.91 Å². The molecule has 0 unspecified atom stereocenters. The molecule has 5 rings (SSSR count). The summed E-state index contributed by atoms with van der Waals surface area (Å²) < 4.78 is 5.53. The quantitative estimate of drug-likeness (QED) is 0.428. The van der Waals surface area contributed by atoms with Crippen LogP contribution in [-0.4, -0.2) is 35.3 Å². The van der Waals surface area contributed by atoms with Crippen LogP contribution in [0.3, 0.4) is 0 Å². The third kappa shape index (κ3) is 3.07. The third-order valence-corrected chi connectivity index (χ3v) is 6.03. The maximum atomic E-state index is 13.4. The number of carbonyl (C=O) groups excluding carboxylic acids is 3. The van der Waals surface area contributed by atoms with Crippen molar-refractivity contribution < 1.29 is 19.1 Å². The number of hydrogen-bond donors (Lipinski definition) is 0. The molecule has 0 spiro atoms. The molecule has 0 aliphatic carbocycles. The third-order valence-electron chi connectivity index (χ3n) is 5.79. The van der Waals surface area contributed by atoms with Crippen molar-refractivity contribution in [1.29, 1.82) is 0 Å². The molecule has 2 aliphatic heterocycles. The number of β-lactam (4-membered cyclic amide) rings is 1. The van der Waals surface area contributed by atoms with Crippen molar-refractivity contribution in [3.63, 3.8) is 0 Å². The fourth-order valence-electron chi connectivity index (χ4n) is 4.36. The number of ether oxygens (including phenoxy) is 1. The summed E-state index contributed by atoms with van der Waals surface area (Å²) in [4.78, 5) is 42.2. The van der Waals surface area contributed by atoms with Crippen molar-refractivity contribution in [3.8, 4) is 5.75 Å². The van der Waals surface area contributed by atoms with Gasteiger partial charge < -0.3 is 9.64 Å². The van der Waals surface area contributed by atoms with E-state index in [9.17, 15) is 14.4 Å².